The quantitative estimate of drug-likeness (QED) is 0.480. The number of aryl methyl sites for hydroxylation is 2. The van der Waals surface area contributed by atoms with Crippen molar-refractivity contribution < 1.29 is 23.5 Å². The second-order valence-corrected chi connectivity index (χ2v) is 4.57. The number of hydrogen-bond donors (Lipinski definition) is 0. The largest absolute Gasteiger partial charge is 0.462 e. The monoisotopic (exact) mass is 279 g/mol. The molecule has 0 N–H and O–H groups in total. The van der Waals surface area contributed by atoms with Crippen LogP contribution >= 0.6 is 0 Å². The summed E-state index contributed by atoms with van der Waals surface area (Å²) in [6.45, 7) is 4.95. The number of benzene rings is 1. The van der Waals surface area contributed by atoms with E-state index in [2.05, 4.69) is 4.74 Å². The van der Waals surface area contributed by atoms with E-state index in [1.54, 1.807) is 19.9 Å². The molecule has 0 fully saturated rings. The molecular formula is C14H14FNO4. The highest BCUT2D eigenvalue weighted by molar-refractivity contribution is 6.53. The third kappa shape index (κ3) is 2.07. The molecule has 1 aromatic carbocycles. The summed E-state index contributed by atoms with van der Waals surface area (Å²) in [6.07, 6.45) is -2.31. The number of carbonyl (C=O) groups is 3. The van der Waals surface area contributed by atoms with Crippen molar-refractivity contribution in [1.29, 1.82) is 0 Å². The number of anilines is 1. The zero-order chi connectivity index (χ0) is 15.0. The van der Waals surface area contributed by atoms with E-state index >= 15 is 0 Å². The molecule has 0 aliphatic carbocycles. The predicted molar refractivity (Wildman–Crippen MR) is 69.3 cm³/mol. The highest BCUT2D eigenvalue weighted by Crippen LogP contribution is 2.34. The van der Waals surface area contributed by atoms with E-state index in [-0.39, 0.29) is 17.9 Å². The van der Waals surface area contributed by atoms with Gasteiger partial charge in [-0.25, -0.2) is 9.18 Å². The van der Waals surface area contributed by atoms with Crippen LogP contribution in [0.5, 0.6) is 0 Å². The summed E-state index contributed by atoms with van der Waals surface area (Å²) < 4.78 is 18.7. The Morgan fingerprint density at radius 1 is 1.35 bits per heavy atom. The summed E-state index contributed by atoms with van der Waals surface area (Å²) in [5, 5.41) is 0. The molecule has 0 radical (unpaired) electrons. The van der Waals surface area contributed by atoms with E-state index in [1.165, 1.54) is 13.0 Å². The Morgan fingerprint density at radius 2 is 2.00 bits per heavy atom. The molecule has 1 heterocycles. The number of ketones is 1. The third-order valence-corrected chi connectivity index (χ3v) is 3.07. The Balaban J connectivity index is 2.50. The van der Waals surface area contributed by atoms with Crippen LogP contribution in [-0.4, -0.2) is 30.6 Å². The number of fused-ring (bicyclic) bond motifs is 1. The van der Waals surface area contributed by atoms with Gasteiger partial charge in [0.25, 0.3) is 12.1 Å². The molecule has 0 aromatic heterocycles. The molecule has 1 aliphatic rings. The van der Waals surface area contributed by atoms with Crippen molar-refractivity contribution in [2.24, 2.45) is 0 Å². The minimum atomic E-state index is -2.31. The fourth-order valence-corrected chi connectivity index (χ4v) is 2.30. The molecule has 0 bridgehead atoms. The molecular weight excluding hydrogens is 265 g/mol. The number of hydrogen-bond acceptors (Lipinski definition) is 4. The fourth-order valence-electron chi connectivity index (χ4n) is 2.30. The Morgan fingerprint density at radius 3 is 2.60 bits per heavy atom. The second-order valence-electron chi connectivity index (χ2n) is 4.57. The molecule has 6 heteroatoms. The lowest BCUT2D eigenvalue weighted by atomic mass is 10.0. The smallest absolute Gasteiger partial charge is 0.362 e. The van der Waals surface area contributed by atoms with E-state index in [0.29, 0.717) is 10.5 Å². The van der Waals surface area contributed by atoms with Gasteiger partial charge in [-0.05, 0) is 38.0 Å². The molecule has 1 atom stereocenters. The first kappa shape index (κ1) is 14.2. The number of alkyl halides is 1. The summed E-state index contributed by atoms with van der Waals surface area (Å²) in [4.78, 5) is 35.8. The van der Waals surface area contributed by atoms with Gasteiger partial charge in [0.15, 0.2) is 0 Å². The van der Waals surface area contributed by atoms with Gasteiger partial charge in [-0.1, -0.05) is 6.07 Å². The lowest BCUT2D eigenvalue weighted by molar-refractivity contribution is -0.150. The predicted octanol–water partition coefficient (Wildman–Crippen LogP) is 1.69. The standard InChI is InChI=1S/C14H14FNO4/c1-4-20-14(19)12(15)16-9-6-7(2)5-8(3)10(9)11(17)13(16)18/h5-6,12H,4H2,1-3H3. The van der Waals surface area contributed by atoms with Crippen LogP contribution in [0.2, 0.25) is 0 Å². The van der Waals surface area contributed by atoms with Crippen molar-refractivity contribution in [2.75, 3.05) is 11.5 Å². The van der Waals surface area contributed by atoms with Crippen molar-refractivity contribution in [3.8, 4) is 0 Å². The lowest BCUT2D eigenvalue weighted by Gasteiger charge is -2.20. The Bertz CT molecular complexity index is 611. The number of rotatable bonds is 3. The fraction of sp³-hybridized carbons (Fsp3) is 0.357. The molecule has 1 unspecified atom stereocenters. The van der Waals surface area contributed by atoms with Crippen LogP contribution in [0.4, 0.5) is 10.1 Å². The van der Waals surface area contributed by atoms with Gasteiger partial charge in [-0.3, -0.25) is 14.5 Å². The minimum absolute atomic E-state index is 0.00503. The first-order valence-electron chi connectivity index (χ1n) is 6.18. The maximum absolute atomic E-state index is 14.1. The average Bonchev–Trinajstić information content (AvgIpc) is 2.61. The minimum Gasteiger partial charge on any atom is -0.462 e. The lowest BCUT2D eigenvalue weighted by Crippen LogP contribution is -2.42. The zero-order valence-electron chi connectivity index (χ0n) is 11.4. The van der Waals surface area contributed by atoms with Gasteiger partial charge in [0.05, 0.1) is 17.9 Å². The second kappa shape index (κ2) is 5.03. The van der Waals surface area contributed by atoms with E-state index in [0.717, 1.165) is 5.56 Å². The first-order chi connectivity index (χ1) is 9.38. The van der Waals surface area contributed by atoms with Crippen molar-refractivity contribution in [3.63, 3.8) is 0 Å². The van der Waals surface area contributed by atoms with Crippen LogP contribution in [-0.2, 0) is 14.3 Å². The summed E-state index contributed by atoms with van der Waals surface area (Å²) in [5.74, 6) is -3.03. The van der Waals surface area contributed by atoms with Gasteiger partial charge in [0, 0.05) is 0 Å². The van der Waals surface area contributed by atoms with Gasteiger partial charge in [-0.2, -0.15) is 0 Å². The third-order valence-electron chi connectivity index (χ3n) is 3.07. The number of nitrogens with zero attached hydrogens (tertiary/aromatic N) is 1. The number of Topliss-reactive ketones (excluding diaryl/α,β-unsaturated/α-hetero) is 1. The van der Waals surface area contributed by atoms with Crippen LogP contribution in [0.3, 0.4) is 0 Å². The molecule has 1 amide bonds. The maximum Gasteiger partial charge on any atom is 0.362 e. The highest BCUT2D eigenvalue weighted by Gasteiger charge is 2.44. The Labute approximate surface area is 115 Å². The topological polar surface area (TPSA) is 63.7 Å². The summed E-state index contributed by atoms with van der Waals surface area (Å²) in [6, 6.07) is 3.24. The van der Waals surface area contributed by atoms with Gasteiger partial charge in [-0.15, -0.1) is 0 Å². The van der Waals surface area contributed by atoms with Crippen molar-refractivity contribution in [2.45, 2.75) is 27.1 Å². The van der Waals surface area contributed by atoms with Crippen LogP contribution in [0, 0.1) is 13.8 Å². The Kier molecular flexibility index (Phi) is 3.57. The molecule has 20 heavy (non-hydrogen) atoms. The van der Waals surface area contributed by atoms with Crippen molar-refractivity contribution in [1.82, 2.24) is 0 Å². The maximum atomic E-state index is 14.1. The van der Waals surface area contributed by atoms with Gasteiger partial charge in [0.2, 0.25) is 0 Å². The number of esters is 1. The number of amides is 1. The molecule has 106 valence electrons. The molecule has 1 aromatic rings. The SMILES string of the molecule is CCOC(=O)C(F)N1C(=O)C(=O)c2c(C)cc(C)cc21. The van der Waals surface area contributed by atoms with Crippen LogP contribution in [0.15, 0.2) is 12.1 Å². The molecule has 0 spiro atoms. The van der Waals surface area contributed by atoms with E-state index in [9.17, 15) is 18.8 Å². The number of carbonyl (C=O) groups excluding carboxylic acids is 3. The van der Waals surface area contributed by atoms with Crippen LogP contribution in [0.1, 0.15) is 28.4 Å². The normalized spacial score (nSPS) is 15.3. The highest BCUT2D eigenvalue weighted by atomic mass is 19.1. The van der Waals surface area contributed by atoms with Gasteiger partial charge < -0.3 is 4.74 Å². The van der Waals surface area contributed by atoms with E-state index < -0.39 is 24.0 Å². The van der Waals surface area contributed by atoms with Crippen LogP contribution in [0.25, 0.3) is 0 Å². The van der Waals surface area contributed by atoms with Gasteiger partial charge in [0.1, 0.15) is 0 Å². The molecule has 0 saturated carbocycles. The molecule has 2 rings (SSSR count). The molecule has 5 nitrogen and oxygen atoms in total. The summed E-state index contributed by atoms with van der Waals surface area (Å²) >= 11 is 0. The Hall–Kier alpha value is -2.24. The summed E-state index contributed by atoms with van der Waals surface area (Å²) in [5.41, 5.74) is 1.62. The number of halogens is 1. The average molecular weight is 279 g/mol. The molecule has 1 aliphatic heterocycles. The van der Waals surface area contributed by atoms with Gasteiger partial charge >= 0.3 is 11.9 Å². The van der Waals surface area contributed by atoms with E-state index in [1.807, 2.05) is 0 Å². The molecule has 0 saturated heterocycles. The van der Waals surface area contributed by atoms with E-state index in [4.69, 9.17) is 0 Å². The summed E-state index contributed by atoms with van der Waals surface area (Å²) in [7, 11) is 0. The number of ether oxygens (including phenoxy) is 1. The van der Waals surface area contributed by atoms with Crippen molar-refractivity contribution >= 4 is 23.3 Å². The first-order valence-corrected chi connectivity index (χ1v) is 6.18. The zero-order valence-corrected chi connectivity index (χ0v) is 11.4. The van der Waals surface area contributed by atoms with Crippen molar-refractivity contribution in [3.05, 3.63) is 28.8 Å². The van der Waals surface area contributed by atoms with Crippen LogP contribution < -0.4 is 4.90 Å².